The minimum Gasteiger partial charge on any atom is -0.310 e. The maximum atomic E-state index is 13.1. The van der Waals surface area contributed by atoms with Crippen molar-refractivity contribution < 1.29 is 4.39 Å². The van der Waals surface area contributed by atoms with Crippen LogP contribution in [0.2, 0.25) is 0 Å². The number of rotatable bonds is 1. The van der Waals surface area contributed by atoms with Gasteiger partial charge in [-0.2, -0.15) is 5.26 Å². The van der Waals surface area contributed by atoms with Crippen molar-refractivity contribution in [1.29, 1.82) is 5.26 Å². The highest BCUT2D eigenvalue weighted by atomic mass is 19.1. The molecule has 0 aliphatic carbocycles. The summed E-state index contributed by atoms with van der Waals surface area (Å²) in [7, 11) is 0. The molecule has 0 spiro atoms. The predicted molar refractivity (Wildman–Crippen MR) is 48.3 cm³/mol. The molecule has 0 aliphatic rings. The highest BCUT2D eigenvalue weighted by Crippen LogP contribution is 2.19. The van der Waals surface area contributed by atoms with Crippen LogP contribution in [0, 0.1) is 24.1 Å². The first-order valence-corrected chi connectivity index (χ1v) is 3.94. The Hall–Kier alpha value is -1.40. The zero-order chi connectivity index (χ0) is 10.1. The van der Waals surface area contributed by atoms with E-state index in [2.05, 4.69) is 0 Å². The number of benzene rings is 1. The van der Waals surface area contributed by atoms with Gasteiger partial charge in [-0.05, 0) is 31.0 Å². The number of nitrogens with zero attached hydrogens (tertiary/aromatic N) is 1. The normalized spacial score (nSPS) is 14.7. The number of halogens is 1. The molecule has 0 heterocycles. The van der Waals surface area contributed by atoms with Crippen LogP contribution in [0.15, 0.2) is 18.2 Å². The fourth-order valence-electron chi connectivity index (χ4n) is 0.980. The van der Waals surface area contributed by atoms with Crippen LogP contribution in [0.3, 0.4) is 0 Å². The molecule has 0 saturated carbocycles. The molecule has 2 nitrogen and oxygen atoms in total. The van der Waals surface area contributed by atoms with Crippen LogP contribution >= 0.6 is 0 Å². The number of aryl methyl sites for hydroxylation is 1. The van der Waals surface area contributed by atoms with E-state index in [1.165, 1.54) is 6.07 Å². The van der Waals surface area contributed by atoms with Crippen molar-refractivity contribution in [2.45, 2.75) is 19.4 Å². The van der Waals surface area contributed by atoms with E-state index in [9.17, 15) is 4.39 Å². The van der Waals surface area contributed by atoms with Gasteiger partial charge in [-0.1, -0.05) is 12.1 Å². The third-order valence-corrected chi connectivity index (χ3v) is 2.00. The third-order valence-electron chi connectivity index (χ3n) is 2.00. The molecule has 0 radical (unpaired) electrons. The molecule has 0 amide bonds. The van der Waals surface area contributed by atoms with Crippen LogP contribution in [0.4, 0.5) is 4.39 Å². The average Bonchev–Trinajstić information content (AvgIpc) is 2.09. The van der Waals surface area contributed by atoms with E-state index in [1.807, 2.05) is 6.07 Å². The molecule has 0 bridgehead atoms. The Morgan fingerprint density at radius 3 is 2.62 bits per heavy atom. The molecule has 0 saturated heterocycles. The van der Waals surface area contributed by atoms with Crippen molar-refractivity contribution in [3.05, 3.63) is 35.1 Å². The second kappa shape index (κ2) is 3.15. The van der Waals surface area contributed by atoms with E-state index in [1.54, 1.807) is 26.0 Å². The monoisotopic (exact) mass is 178 g/mol. The number of nitrogens with two attached hydrogens (primary N) is 1. The lowest BCUT2D eigenvalue weighted by atomic mass is 9.94. The maximum Gasteiger partial charge on any atom is 0.127 e. The van der Waals surface area contributed by atoms with Gasteiger partial charge in [0.2, 0.25) is 0 Å². The van der Waals surface area contributed by atoms with E-state index in [0.717, 1.165) is 0 Å². The van der Waals surface area contributed by atoms with Gasteiger partial charge in [0.05, 0.1) is 6.07 Å². The van der Waals surface area contributed by atoms with Gasteiger partial charge < -0.3 is 5.73 Å². The van der Waals surface area contributed by atoms with Gasteiger partial charge in [0.15, 0.2) is 0 Å². The summed E-state index contributed by atoms with van der Waals surface area (Å²) in [5, 5.41) is 8.71. The van der Waals surface area contributed by atoms with Crippen molar-refractivity contribution in [2.75, 3.05) is 0 Å². The SMILES string of the molecule is Cc1ccc([C@@](C)(N)C#N)cc1F. The van der Waals surface area contributed by atoms with Crippen molar-refractivity contribution in [3.8, 4) is 6.07 Å². The molecular formula is C10H11FN2. The minimum atomic E-state index is -1.12. The summed E-state index contributed by atoms with van der Waals surface area (Å²) in [6.07, 6.45) is 0. The molecule has 1 aromatic carbocycles. The second-order valence-corrected chi connectivity index (χ2v) is 3.28. The van der Waals surface area contributed by atoms with Crippen molar-refractivity contribution >= 4 is 0 Å². The largest absolute Gasteiger partial charge is 0.310 e. The van der Waals surface area contributed by atoms with Gasteiger partial charge in [0.25, 0.3) is 0 Å². The molecule has 2 N–H and O–H groups in total. The third kappa shape index (κ3) is 1.85. The Balaban J connectivity index is 3.20. The van der Waals surface area contributed by atoms with Crippen molar-refractivity contribution in [1.82, 2.24) is 0 Å². The Labute approximate surface area is 76.8 Å². The zero-order valence-electron chi connectivity index (χ0n) is 7.63. The number of hydrogen-bond acceptors (Lipinski definition) is 2. The quantitative estimate of drug-likeness (QED) is 0.713. The van der Waals surface area contributed by atoms with E-state index < -0.39 is 5.54 Å². The van der Waals surface area contributed by atoms with E-state index in [4.69, 9.17) is 11.0 Å². The fraction of sp³-hybridized carbons (Fsp3) is 0.300. The summed E-state index contributed by atoms with van der Waals surface area (Å²) in [4.78, 5) is 0. The molecule has 0 fully saturated rings. The van der Waals surface area contributed by atoms with Crippen LogP contribution in [0.25, 0.3) is 0 Å². The van der Waals surface area contributed by atoms with Crippen LogP contribution in [0.5, 0.6) is 0 Å². The van der Waals surface area contributed by atoms with Crippen LogP contribution in [0.1, 0.15) is 18.1 Å². The van der Waals surface area contributed by atoms with Crippen LogP contribution in [-0.4, -0.2) is 0 Å². The van der Waals surface area contributed by atoms with Gasteiger partial charge in [-0.3, -0.25) is 0 Å². The van der Waals surface area contributed by atoms with Crippen LogP contribution < -0.4 is 5.73 Å². The first-order chi connectivity index (χ1) is 5.97. The smallest absolute Gasteiger partial charge is 0.127 e. The molecule has 3 heteroatoms. The number of nitriles is 1. The van der Waals surface area contributed by atoms with Gasteiger partial charge in [-0.25, -0.2) is 4.39 Å². The standard InChI is InChI=1S/C10H11FN2/c1-7-3-4-8(5-9(7)11)10(2,13)6-12/h3-5H,13H2,1-2H3/t10-/m0/s1. The summed E-state index contributed by atoms with van der Waals surface area (Å²) in [6, 6.07) is 6.51. The lowest BCUT2D eigenvalue weighted by Gasteiger charge is -2.15. The summed E-state index contributed by atoms with van der Waals surface area (Å²) in [5.74, 6) is -0.329. The van der Waals surface area contributed by atoms with Crippen molar-refractivity contribution in [3.63, 3.8) is 0 Å². The predicted octanol–water partition coefficient (Wildman–Crippen LogP) is 1.83. The minimum absolute atomic E-state index is 0.329. The first kappa shape index (κ1) is 9.69. The van der Waals surface area contributed by atoms with E-state index in [-0.39, 0.29) is 5.82 Å². The second-order valence-electron chi connectivity index (χ2n) is 3.28. The highest BCUT2D eigenvalue weighted by Gasteiger charge is 2.20. The topological polar surface area (TPSA) is 49.8 Å². The molecule has 0 unspecified atom stereocenters. The number of hydrogen-bond donors (Lipinski definition) is 1. The van der Waals surface area contributed by atoms with Gasteiger partial charge in [0, 0.05) is 0 Å². The van der Waals surface area contributed by atoms with Gasteiger partial charge in [0.1, 0.15) is 11.4 Å². The van der Waals surface area contributed by atoms with Gasteiger partial charge >= 0.3 is 0 Å². The summed E-state index contributed by atoms with van der Waals surface area (Å²) in [5.41, 5.74) is 5.56. The molecule has 1 aromatic rings. The molecule has 0 aromatic heterocycles. The highest BCUT2D eigenvalue weighted by molar-refractivity contribution is 5.32. The lowest BCUT2D eigenvalue weighted by Crippen LogP contribution is -2.30. The van der Waals surface area contributed by atoms with E-state index in [0.29, 0.717) is 11.1 Å². The van der Waals surface area contributed by atoms with Crippen molar-refractivity contribution in [2.24, 2.45) is 5.73 Å². The average molecular weight is 178 g/mol. The first-order valence-electron chi connectivity index (χ1n) is 3.94. The Bertz CT molecular complexity index is 364. The summed E-state index contributed by atoms with van der Waals surface area (Å²) in [6.45, 7) is 3.22. The van der Waals surface area contributed by atoms with Crippen LogP contribution in [-0.2, 0) is 5.54 Å². The van der Waals surface area contributed by atoms with E-state index >= 15 is 0 Å². The molecule has 1 atom stereocenters. The Morgan fingerprint density at radius 1 is 1.54 bits per heavy atom. The molecule has 68 valence electrons. The zero-order valence-corrected chi connectivity index (χ0v) is 7.63. The maximum absolute atomic E-state index is 13.1. The molecular weight excluding hydrogens is 167 g/mol. The Morgan fingerprint density at radius 2 is 2.15 bits per heavy atom. The fourth-order valence-corrected chi connectivity index (χ4v) is 0.980. The molecule has 1 rings (SSSR count). The summed E-state index contributed by atoms with van der Waals surface area (Å²) < 4.78 is 13.1. The van der Waals surface area contributed by atoms with Gasteiger partial charge in [-0.15, -0.1) is 0 Å². The lowest BCUT2D eigenvalue weighted by molar-refractivity contribution is 0.596. The molecule has 0 aliphatic heterocycles. The molecule has 13 heavy (non-hydrogen) atoms. The summed E-state index contributed by atoms with van der Waals surface area (Å²) >= 11 is 0. The Kier molecular flexibility index (Phi) is 2.35.